The summed E-state index contributed by atoms with van der Waals surface area (Å²) < 4.78 is 19.6. The van der Waals surface area contributed by atoms with E-state index in [1.807, 2.05) is 60.0 Å². The summed E-state index contributed by atoms with van der Waals surface area (Å²) in [6, 6.07) is 15.8. The lowest BCUT2D eigenvalue weighted by Crippen LogP contribution is -2.32. The summed E-state index contributed by atoms with van der Waals surface area (Å²) in [6.45, 7) is 4.53. The zero-order chi connectivity index (χ0) is 28.8. The number of amides is 1. The highest BCUT2D eigenvalue weighted by Crippen LogP contribution is 2.35. The first-order chi connectivity index (χ1) is 19.9. The van der Waals surface area contributed by atoms with Gasteiger partial charge >= 0.3 is 0 Å². The molecule has 41 heavy (non-hydrogen) atoms. The third kappa shape index (κ3) is 7.08. The van der Waals surface area contributed by atoms with Crippen molar-refractivity contribution < 1.29 is 9.18 Å². The maximum absolute atomic E-state index is 14.0. The van der Waals surface area contributed by atoms with Crippen molar-refractivity contribution in [2.24, 2.45) is 7.05 Å². The molecule has 2 aliphatic carbocycles. The number of hydrogen-bond donors (Lipinski definition) is 1. The summed E-state index contributed by atoms with van der Waals surface area (Å²) in [5.74, 6) is 0.928. The number of rotatable bonds is 10. The van der Waals surface area contributed by atoms with Gasteiger partial charge in [-0.05, 0) is 90.1 Å². The molecule has 1 fully saturated rings. The fourth-order valence-electron chi connectivity index (χ4n) is 5.61. The van der Waals surface area contributed by atoms with Crippen molar-refractivity contribution in [1.82, 2.24) is 19.2 Å². The Morgan fingerprint density at radius 1 is 1.22 bits per heavy atom. The predicted molar refractivity (Wildman–Crippen MR) is 165 cm³/mol. The zero-order valence-corrected chi connectivity index (χ0v) is 25.0. The Balaban J connectivity index is 1.34. The number of fused-ring (bicyclic) bond motifs is 1. The minimum absolute atomic E-state index is 0.102. The molecular formula is C34H39FN4OS. The van der Waals surface area contributed by atoms with E-state index in [1.54, 1.807) is 24.2 Å². The normalized spacial score (nSPS) is 17.6. The number of carbonyl (C=O) groups is 1. The van der Waals surface area contributed by atoms with Crippen molar-refractivity contribution in [2.75, 3.05) is 0 Å². The lowest BCUT2D eigenvalue weighted by Gasteiger charge is -2.28. The molecule has 1 heterocycles. The van der Waals surface area contributed by atoms with Crippen molar-refractivity contribution in [3.63, 3.8) is 0 Å². The number of carbonyl (C=O) groups excluding carboxylic acids is 1. The molecule has 0 aliphatic heterocycles. The van der Waals surface area contributed by atoms with E-state index in [0.717, 1.165) is 41.2 Å². The first kappa shape index (κ1) is 29.1. The van der Waals surface area contributed by atoms with E-state index in [4.69, 9.17) is 0 Å². The van der Waals surface area contributed by atoms with Gasteiger partial charge in [-0.25, -0.2) is 9.37 Å². The van der Waals surface area contributed by atoms with Gasteiger partial charge in [-0.3, -0.25) is 9.52 Å². The first-order valence-corrected chi connectivity index (χ1v) is 15.4. The summed E-state index contributed by atoms with van der Waals surface area (Å²) in [5, 5.41) is 0. The molecule has 3 aromatic rings. The molecule has 2 atom stereocenters. The van der Waals surface area contributed by atoms with E-state index in [9.17, 15) is 9.18 Å². The van der Waals surface area contributed by atoms with E-state index in [0.29, 0.717) is 25.8 Å². The molecular weight excluding hydrogens is 531 g/mol. The molecule has 5 nitrogen and oxygen atoms in total. The molecule has 0 radical (unpaired) electrons. The number of aryl methyl sites for hydroxylation is 2. The average Bonchev–Trinajstić information content (AvgIpc) is 3.27. The fourth-order valence-corrected chi connectivity index (χ4v) is 6.47. The van der Waals surface area contributed by atoms with Crippen LogP contribution < -0.4 is 4.72 Å². The van der Waals surface area contributed by atoms with Crippen molar-refractivity contribution in [3.05, 3.63) is 119 Å². The monoisotopic (exact) mass is 570 g/mol. The molecule has 2 unspecified atom stereocenters. The molecule has 2 aliphatic rings. The fraction of sp³-hybridized carbons (Fsp3) is 0.353. The Labute approximate surface area is 247 Å². The Morgan fingerprint density at radius 2 is 2.05 bits per heavy atom. The largest absolute Gasteiger partial charge is 0.337 e. The summed E-state index contributed by atoms with van der Waals surface area (Å²) in [4.78, 5) is 21.3. The lowest BCUT2D eigenvalue weighted by atomic mass is 9.85. The third-order valence-electron chi connectivity index (χ3n) is 8.13. The lowest BCUT2D eigenvalue weighted by molar-refractivity contribution is -0.130. The van der Waals surface area contributed by atoms with Crippen molar-refractivity contribution in [3.8, 4) is 0 Å². The van der Waals surface area contributed by atoms with E-state index >= 15 is 0 Å². The van der Waals surface area contributed by atoms with Gasteiger partial charge in [0.05, 0.1) is 6.54 Å². The second kappa shape index (κ2) is 13.5. The topological polar surface area (TPSA) is 50.2 Å². The van der Waals surface area contributed by atoms with Gasteiger partial charge < -0.3 is 9.47 Å². The van der Waals surface area contributed by atoms with Crippen LogP contribution in [0.15, 0.2) is 101 Å². The van der Waals surface area contributed by atoms with Crippen LogP contribution in [0.25, 0.3) is 0 Å². The van der Waals surface area contributed by atoms with Gasteiger partial charge in [0, 0.05) is 48.9 Å². The zero-order valence-electron chi connectivity index (χ0n) is 24.1. The van der Waals surface area contributed by atoms with Gasteiger partial charge in [0.2, 0.25) is 5.91 Å². The van der Waals surface area contributed by atoms with E-state index < -0.39 is 0 Å². The second-order valence-electron chi connectivity index (χ2n) is 10.9. The van der Waals surface area contributed by atoms with E-state index in [1.165, 1.54) is 16.7 Å². The Morgan fingerprint density at radius 3 is 2.80 bits per heavy atom. The van der Waals surface area contributed by atoms with Crippen LogP contribution >= 0.6 is 11.9 Å². The molecule has 1 saturated carbocycles. The van der Waals surface area contributed by atoms with Crippen molar-refractivity contribution in [2.45, 2.75) is 75.8 Å². The number of allylic oxidation sites excluding steroid dienone is 3. The van der Waals surface area contributed by atoms with Crippen molar-refractivity contribution in [1.29, 1.82) is 0 Å². The van der Waals surface area contributed by atoms with Crippen LogP contribution in [-0.4, -0.2) is 26.4 Å². The van der Waals surface area contributed by atoms with Gasteiger partial charge in [-0.1, -0.05) is 56.3 Å². The second-order valence-corrected chi connectivity index (χ2v) is 11.8. The maximum atomic E-state index is 14.0. The van der Waals surface area contributed by atoms with Gasteiger partial charge in [0.25, 0.3) is 0 Å². The van der Waals surface area contributed by atoms with Crippen LogP contribution in [0.5, 0.6) is 0 Å². The molecule has 1 amide bonds. The number of hydrogen-bond acceptors (Lipinski definition) is 4. The standard InChI is InChI=1S/C34H39FN4OS/c1-4-25-22-29(16-18-31(25)35)41-37-32-12-8-11-27-13-14-28(15-17-30(27)32)39(23-33-36-19-20-38(33)3)34(40)21-24(2)26-9-6-5-7-10-26/h5-7,9-10,13-14,16-20,22,24,32,37H,4,8,11-12,15,21,23H2,1-3H3. The summed E-state index contributed by atoms with van der Waals surface area (Å²) in [5.41, 5.74) is 5.52. The van der Waals surface area contributed by atoms with Gasteiger partial charge in [-0.15, -0.1) is 0 Å². The first-order valence-electron chi connectivity index (χ1n) is 14.6. The SMILES string of the molecule is CCc1cc(SNC2CCCC3=CC=C(N(Cc4nccn4C)C(=O)CC(C)c4ccccc4)CC=C32)ccc1F. The van der Waals surface area contributed by atoms with Crippen molar-refractivity contribution >= 4 is 17.9 Å². The number of imidazole rings is 1. The molecule has 1 N–H and O–H groups in total. The number of halogens is 1. The summed E-state index contributed by atoms with van der Waals surface area (Å²) in [6.07, 6.45) is 15.3. The average molecular weight is 571 g/mol. The van der Waals surface area contributed by atoms with Crippen LogP contribution in [0.4, 0.5) is 4.39 Å². The quantitative estimate of drug-likeness (QED) is 0.255. The van der Waals surface area contributed by atoms with Crippen LogP contribution in [0.2, 0.25) is 0 Å². The number of aromatic nitrogens is 2. The summed E-state index contributed by atoms with van der Waals surface area (Å²) in [7, 11) is 1.97. The molecule has 0 saturated heterocycles. The minimum atomic E-state index is -0.146. The maximum Gasteiger partial charge on any atom is 0.227 e. The van der Waals surface area contributed by atoms with Gasteiger partial charge in [0.1, 0.15) is 11.6 Å². The van der Waals surface area contributed by atoms with Gasteiger partial charge in [0.15, 0.2) is 0 Å². The number of nitrogens with zero attached hydrogens (tertiary/aromatic N) is 3. The van der Waals surface area contributed by atoms with Crippen LogP contribution in [0, 0.1) is 5.82 Å². The number of nitrogens with one attached hydrogen (secondary N) is 1. The highest BCUT2D eigenvalue weighted by Gasteiger charge is 2.27. The summed E-state index contributed by atoms with van der Waals surface area (Å²) >= 11 is 1.57. The Kier molecular flexibility index (Phi) is 9.57. The molecule has 5 rings (SSSR count). The third-order valence-corrected chi connectivity index (χ3v) is 9.02. The smallest absolute Gasteiger partial charge is 0.227 e. The molecule has 2 aromatic carbocycles. The van der Waals surface area contributed by atoms with Gasteiger partial charge in [-0.2, -0.15) is 0 Å². The van der Waals surface area contributed by atoms with E-state index in [-0.39, 0.29) is 23.7 Å². The highest BCUT2D eigenvalue weighted by atomic mass is 32.2. The molecule has 1 aromatic heterocycles. The minimum Gasteiger partial charge on any atom is -0.337 e. The molecule has 7 heteroatoms. The molecule has 214 valence electrons. The molecule has 0 spiro atoms. The van der Waals surface area contributed by atoms with Crippen LogP contribution in [-0.2, 0) is 24.8 Å². The van der Waals surface area contributed by atoms with Crippen LogP contribution in [0.1, 0.15) is 68.8 Å². The van der Waals surface area contributed by atoms with E-state index in [2.05, 4.69) is 47.0 Å². The molecule has 0 bridgehead atoms. The number of benzene rings is 2. The predicted octanol–water partition coefficient (Wildman–Crippen LogP) is 7.63. The highest BCUT2D eigenvalue weighted by molar-refractivity contribution is 7.97. The van der Waals surface area contributed by atoms with Crippen LogP contribution in [0.3, 0.4) is 0 Å². The Hall–Kier alpha value is -3.42. The Bertz CT molecular complexity index is 1460.